The molecule has 1 N–H and O–H groups in total. The van der Waals surface area contributed by atoms with Crippen LogP contribution in [0.4, 0.5) is 8.78 Å². The van der Waals surface area contributed by atoms with E-state index in [1.165, 1.54) is 4.31 Å². The fraction of sp³-hybridized carbons (Fsp3) is 0.500. The number of nitrogens with zero attached hydrogens (tertiary/aromatic N) is 1. The van der Waals surface area contributed by atoms with Crippen LogP contribution in [0, 0.1) is 17.6 Å². The second-order valence-corrected chi connectivity index (χ2v) is 7.77. The van der Waals surface area contributed by atoms with Crippen LogP contribution in [0.3, 0.4) is 0 Å². The average molecular weight is 367 g/mol. The third-order valence-corrected chi connectivity index (χ3v) is 6.81. The molecule has 110 valence electrons. The highest BCUT2D eigenvalue weighted by atomic mass is 79.9. The monoisotopic (exact) mass is 366 g/mol. The van der Waals surface area contributed by atoms with Crippen LogP contribution in [0.25, 0.3) is 0 Å². The Labute approximate surface area is 124 Å². The topological polar surface area (TPSA) is 49.4 Å². The van der Waals surface area contributed by atoms with Gasteiger partial charge in [0, 0.05) is 29.7 Å². The van der Waals surface area contributed by atoms with Crippen molar-refractivity contribution in [2.45, 2.75) is 17.4 Å². The Morgan fingerprint density at radius 1 is 1.30 bits per heavy atom. The van der Waals surface area contributed by atoms with Gasteiger partial charge in [-0.3, -0.25) is 0 Å². The zero-order valence-electron chi connectivity index (χ0n) is 10.4. The molecule has 0 amide bonds. The van der Waals surface area contributed by atoms with Gasteiger partial charge in [0.15, 0.2) is 0 Å². The summed E-state index contributed by atoms with van der Waals surface area (Å²) in [5, 5.41) is 3.14. The summed E-state index contributed by atoms with van der Waals surface area (Å²) in [6, 6.07) is 1.42. The van der Waals surface area contributed by atoms with Crippen LogP contribution in [0.5, 0.6) is 0 Å². The van der Waals surface area contributed by atoms with Crippen LogP contribution < -0.4 is 5.32 Å². The Morgan fingerprint density at radius 3 is 2.75 bits per heavy atom. The van der Waals surface area contributed by atoms with Crippen LogP contribution >= 0.6 is 15.9 Å². The van der Waals surface area contributed by atoms with Crippen LogP contribution in [0.2, 0.25) is 0 Å². The van der Waals surface area contributed by atoms with Gasteiger partial charge in [0.1, 0.15) is 16.5 Å². The molecule has 1 aromatic rings. The lowest BCUT2D eigenvalue weighted by atomic mass is 10.1. The molecule has 0 radical (unpaired) electrons. The lowest BCUT2D eigenvalue weighted by molar-refractivity contribution is 0.379. The molecule has 0 aliphatic carbocycles. The Hall–Kier alpha value is -0.570. The number of halogens is 3. The third-order valence-electron chi connectivity index (χ3n) is 3.92. The van der Waals surface area contributed by atoms with E-state index in [-0.39, 0.29) is 16.4 Å². The van der Waals surface area contributed by atoms with Crippen molar-refractivity contribution in [3.63, 3.8) is 0 Å². The van der Waals surface area contributed by atoms with E-state index in [1.54, 1.807) is 0 Å². The molecule has 0 spiro atoms. The van der Waals surface area contributed by atoms with E-state index in [1.807, 2.05) is 0 Å². The van der Waals surface area contributed by atoms with Gasteiger partial charge in [-0.05, 0) is 40.9 Å². The first-order valence-electron chi connectivity index (χ1n) is 6.28. The number of nitrogens with one attached hydrogen (secondary N) is 1. The molecule has 0 bridgehead atoms. The minimum Gasteiger partial charge on any atom is -0.315 e. The predicted molar refractivity (Wildman–Crippen MR) is 72.7 cm³/mol. The highest BCUT2D eigenvalue weighted by Gasteiger charge is 2.45. The molecule has 2 fully saturated rings. The van der Waals surface area contributed by atoms with E-state index in [2.05, 4.69) is 21.2 Å². The van der Waals surface area contributed by atoms with E-state index >= 15 is 0 Å². The molecule has 4 nitrogen and oxygen atoms in total. The van der Waals surface area contributed by atoms with Crippen LogP contribution in [0.15, 0.2) is 21.5 Å². The number of fused-ring (bicyclic) bond motifs is 1. The molecule has 0 saturated carbocycles. The lowest BCUT2D eigenvalue weighted by Crippen LogP contribution is -2.39. The van der Waals surface area contributed by atoms with Gasteiger partial charge in [-0.15, -0.1) is 0 Å². The maximum atomic E-state index is 13.9. The normalized spacial score (nSPS) is 26.9. The van der Waals surface area contributed by atoms with Crippen molar-refractivity contribution in [3.8, 4) is 0 Å². The van der Waals surface area contributed by atoms with Crippen molar-refractivity contribution in [2.24, 2.45) is 5.92 Å². The average Bonchev–Trinajstić information content (AvgIpc) is 2.86. The number of rotatable bonds is 2. The van der Waals surface area contributed by atoms with Gasteiger partial charge < -0.3 is 5.32 Å². The largest absolute Gasteiger partial charge is 0.315 e. The van der Waals surface area contributed by atoms with Gasteiger partial charge in [-0.25, -0.2) is 17.2 Å². The lowest BCUT2D eigenvalue weighted by Gasteiger charge is -2.23. The number of hydrogen-bond donors (Lipinski definition) is 1. The first-order valence-corrected chi connectivity index (χ1v) is 8.51. The van der Waals surface area contributed by atoms with E-state index in [0.717, 1.165) is 19.0 Å². The van der Waals surface area contributed by atoms with Crippen molar-refractivity contribution in [3.05, 3.63) is 28.2 Å². The van der Waals surface area contributed by atoms with Crippen LogP contribution in [-0.2, 0) is 10.0 Å². The quantitative estimate of drug-likeness (QED) is 0.866. The van der Waals surface area contributed by atoms with Gasteiger partial charge in [0.25, 0.3) is 0 Å². The van der Waals surface area contributed by atoms with Gasteiger partial charge >= 0.3 is 0 Å². The fourth-order valence-corrected chi connectivity index (χ4v) is 5.82. The second kappa shape index (κ2) is 5.01. The Morgan fingerprint density at radius 2 is 2.05 bits per heavy atom. The zero-order chi connectivity index (χ0) is 14.5. The number of benzene rings is 1. The summed E-state index contributed by atoms with van der Waals surface area (Å²) in [7, 11) is -3.97. The standard InChI is InChI=1S/C12H13BrF2N2O2S/c13-9-3-8(14)4-10(15)12(9)20(18,19)17-2-1-7-5-16-6-11(7)17/h3-4,7,11,16H,1-2,5-6H2/t7-,11+/m0/s1. The van der Waals surface area contributed by atoms with Crippen molar-refractivity contribution >= 4 is 26.0 Å². The Bertz CT molecular complexity index is 630. The molecular weight excluding hydrogens is 354 g/mol. The van der Waals surface area contributed by atoms with Crippen molar-refractivity contribution in [1.82, 2.24) is 9.62 Å². The van der Waals surface area contributed by atoms with Gasteiger partial charge in [0.05, 0.1) is 0 Å². The SMILES string of the molecule is O=S(=O)(c1c(F)cc(F)cc1Br)N1CC[C@H]2CNC[C@H]21. The van der Waals surface area contributed by atoms with Gasteiger partial charge in [-0.2, -0.15) is 4.31 Å². The maximum Gasteiger partial charge on any atom is 0.247 e. The van der Waals surface area contributed by atoms with Crippen LogP contribution in [-0.4, -0.2) is 38.4 Å². The van der Waals surface area contributed by atoms with Crippen molar-refractivity contribution < 1.29 is 17.2 Å². The van der Waals surface area contributed by atoms with E-state index in [0.29, 0.717) is 19.2 Å². The summed E-state index contributed by atoms with van der Waals surface area (Å²) in [5.41, 5.74) is 0. The second-order valence-electron chi connectivity index (χ2n) is 5.09. The molecule has 0 aromatic heterocycles. The summed E-state index contributed by atoms with van der Waals surface area (Å²) >= 11 is 2.95. The Balaban J connectivity index is 2.05. The molecule has 0 unspecified atom stereocenters. The highest BCUT2D eigenvalue weighted by molar-refractivity contribution is 9.10. The molecule has 1 aromatic carbocycles. The molecule has 2 heterocycles. The molecule has 2 atom stereocenters. The van der Waals surface area contributed by atoms with E-state index < -0.39 is 26.6 Å². The summed E-state index contributed by atoms with van der Waals surface area (Å²) in [5.74, 6) is -1.60. The minimum atomic E-state index is -3.97. The summed E-state index contributed by atoms with van der Waals surface area (Å²) in [6.07, 6.45) is 0.761. The zero-order valence-corrected chi connectivity index (χ0v) is 12.8. The highest BCUT2D eigenvalue weighted by Crippen LogP contribution is 2.35. The van der Waals surface area contributed by atoms with Gasteiger partial charge in [0.2, 0.25) is 10.0 Å². The maximum absolute atomic E-state index is 13.9. The molecule has 8 heteroatoms. The third kappa shape index (κ3) is 2.18. The molecule has 20 heavy (non-hydrogen) atoms. The molecule has 3 rings (SSSR count). The summed E-state index contributed by atoms with van der Waals surface area (Å²) in [4.78, 5) is -0.480. The summed E-state index contributed by atoms with van der Waals surface area (Å²) < 4.78 is 53.5. The number of sulfonamides is 1. The molecule has 2 aliphatic rings. The minimum absolute atomic E-state index is 0.0793. The number of hydrogen-bond acceptors (Lipinski definition) is 3. The van der Waals surface area contributed by atoms with E-state index in [4.69, 9.17) is 0 Å². The van der Waals surface area contributed by atoms with Crippen molar-refractivity contribution in [2.75, 3.05) is 19.6 Å². The molecule has 2 saturated heterocycles. The summed E-state index contributed by atoms with van der Waals surface area (Å²) in [6.45, 7) is 1.73. The molecular formula is C12H13BrF2N2O2S. The first-order chi connectivity index (χ1) is 9.41. The smallest absolute Gasteiger partial charge is 0.247 e. The van der Waals surface area contributed by atoms with Crippen molar-refractivity contribution in [1.29, 1.82) is 0 Å². The first kappa shape index (κ1) is 14.4. The van der Waals surface area contributed by atoms with Gasteiger partial charge in [-0.1, -0.05) is 0 Å². The van der Waals surface area contributed by atoms with E-state index in [9.17, 15) is 17.2 Å². The van der Waals surface area contributed by atoms with Crippen LogP contribution in [0.1, 0.15) is 6.42 Å². The predicted octanol–water partition coefficient (Wildman–Crippen LogP) is 1.71. The Kier molecular flexibility index (Phi) is 3.60. The molecule has 2 aliphatic heterocycles. The fourth-order valence-electron chi connectivity index (χ4n) is 3.00.